The van der Waals surface area contributed by atoms with Crippen molar-refractivity contribution in [2.45, 2.75) is 37.4 Å². The molecule has 0 aliphatic carbocycles. The molecule has 13 nitrogen and oxygen atoms in total. The van der Waals surface area contributed by atoms with Crippen LogP contribution >= 0.6 is 0 Å². The molecule has 2 heterocycles. The fraction of sp³-hybridized carbons (Fsp3) is 0.500. The third-order valence-electron chi connectivity index (χ3n) is 3.35. The molecule has 2 fully saturated rings. The number of rotatable bonds is 6. The largest absolute Gasteiger partial charge is 0.333 e. The summed E-state index contributed by atoms with van der Waals surface area (Å²) in [7, 11) is -4.85. The van der Waals surface area contributed by atoms with Gasteiger partial charge in [-0.05, 0) is 0 Å². The molecule has 1 unspecified atom stereocenters. The molecule has 1 atom stereocenters. The molecule has 26 heavy (non-hydrogen) atoms. The number of imide groups is 2. The van der Waals surface area contributed by atoms with Crippen LogP contribution in [-0.2, 0) is 48.6 Å². The highest BCUT2D eigenvalue weighted by Crippen LogP contribution is 2.20. The van der Waals surface area contributed by atoms with E-state index in [1.807, 2.05) is 0 Å². The number of nitrogens with zero attached hydrogens (tertiary/aromatic N) is 2. The molecule has 1 N–H and O–H groups in total. The van der Waals surface area contributed by atoms with Gasteiger partial charge < -0.3 is 9.68 Å². The Morgan fingerprint density at radius 2 is 1.38 bits per heavy atom. The number of amides is 4. The summed E-state index contributed by atoms with van der Waals surface area (Å²) in [5.41, 5.74) is 0. The number of hydrogen-bond acceptors (Lipinski definition) is 10. The minimum absolute atomic E-state index is 0.109. The molecule has 2 rings (SSSR count). The fourth-order valence-electron chi connectivity index (χ4n) is 2.07. The van der Waals surface area contributed by atoms with Crippen LogP contribution in [0.15, 0.2) is 0 Å². The van der Waals surface area contributed by atoms with E-state index in [0.717, 1.165) is 0 Å². The van der Waals surface area contributed by atoms with Gasteiger partial charge in [-0.25, -0.2) is 9.59 Å². The number of hydroxylamine groups is 4. The van der Waals surface area contributed by atoms with Crippen LogP contribution in [0.4, 0.5) is 0 Å². The van der Waals surface area contributed by atoms with Gasteiger partial charge in [0.1, 0.15) is 0 Å². The van der Waals surface area contributed by atoms with Gasteiger partial charge in [0.05, 0.1) is 19.3 Å². The van der Waals surface area contributed by atoms with Gasteiger partial charge in [0, 0.05) is 12.8 Å². The molecule has 4 amide bonds. The number of carbonyl (C=O) groups is 6. The summed E-state index contributed by atoms with van der Waals surface area (Å²) in [5, 5.41) is -1.91. The Kier molecular flexibility index (Phi) is 5.36. The Labute approximate surface area is 145 Å². The summed E-state index contributed by atoms with van der Waals surface area (Å²) in [6.07, 6.45) is -2.45. The lowest BCUT2D eigenvalue weighted by molar-refractivity contribution is -0.201. The lowest BCUT2D eigenvalue weighted by Crippen LogP contribution is -2.37. The van der Waals surface area contributed by atoms with E-state index >= 15 is 0 Å². The lowest BCUT2D eigenvalue weighted by atomic mass is 10.3. The van der Waals surface area contributed by atoms with E-state index in [1.54, 1.807) is 0 Å². The van der Waals surface area contributed by atoms with Crippen molar-refractivity contribution >= 4 is 45.7 Å². The van der Waals surface area contributed by atoms with Gasteiger partial charge in [0.2, 0.25) is 0 Å². The monoisotopic (exact) mass is 392 g/mol. The van der Waals surface area contributed by atoms with Crippen LogP contribution in [0.5, 0.6) is 0 Å². The highest BCUT2D eigenvalue weighted by Gasteiger charge is 2.48. The molecule has 0 aromatic rings. The minimum atomic E-state index is -4.85. The second kappa shape index (κ2) is 7.17. The van der Waals surface area contributed by atoms with Gasteiger partial charge in [-0.15, -0.1) is 10.1 Å². The summed E-state index contributed by atoms with van der Waals surface area (Å²) in [4.78, 5) is 77.6. The predicted molar refractivity (Wildman–Crippen MR) is 74.3 cm³/mol. The molecule has 14 heteroatoms. The van der Waals surface area contributed by atoms with Gasteiger partial charge in [0.25, 0.3) is 33.7 Å². The zero-order valence-corrected chi connectivity index (χ0v) is 13.8. The molecule has 0 radical (unpaired) electrons. The van der Waals surface area contributed by atoms with Crippen LogP contribution < -0.4 is 0 Å². The molecule has 2 aliphatic heterocycles. The number of hydrogen-bond donors (Lipinski definition) is 1. The maximum Gasteiger partial charge on any atom is 0.333 e. The summed E-state index contributed by atoms with van der Waals surface area (Å²) < 4.78 is 30.7. The van der Waals surface area contributed by atoms with Crippen LogP contribution in [-0.4, -0.2) is 63.9 Å². The molecule has 2 saturated heterocycles. The summed E-state index contributed by atoms with van der Waals surface area (Å²) >= 11 is 0. The van der Waals surface area contributed by atoms with Gasteiger partial charge in [-0.3, -0.25) is 23.7 Å². The molecular weight excluding hydrogens is 380 g/mol. The maximum absolute atomic E-state index is 11.7. The molecule has 0 saturated carbocycles. The first-order valence-electron chi connectivity index (χ1n) is 7.11. The number of carbonyl (C=O) groups excluding carboxylic acids is 6. The average Bonchev–Trinajstić information content (AvgIpc) is 3.00. The van der Waals surface area contributed by atoms with Gasteiger partial charge in [-0.2, -0.15) is 8.42 Å². The van der Waals surface area contributed by atoms with Crippen molar-refractivity contribution in [1.29, 1.82) is 0 Å². The Morgan fingerprint density at radius 3 is 1.81 bits per heavy atom. The van der Waals surface area contributed by atoms with E-state index in [2.05, 4.69) is 9.68 Å². The Hall–Kier alpha value is -2.87. The molecule has 0 aromatic carbocycles. The molecule has 0 spiro atoms. The van der Waals surface area contributed by atoms with E-state index in [1.165, 1.54) is 0 Å². The average molecular weight is 392 g/mol. The first-order chi connectivity index (χ1) is 12.0. The van der Waals surface area contributed by atoms with Crippen molar-refractivity contribution in [2.75, 3.05) is 0 Å². The van der Waals surface area contributed by atoms with Gasteiger partial charge in [0.15, 0.2) is 5.25 Å². The van der Waals surface area contributed by atoms with Crippen LogP contribution in [0.2, 0.25) is 0 Å². The second-order valence-electron chi connectivity index (χ2n) is 5.24. The van der Waals surface area contributed by atoms with E-state index < -0.39 is 70.2 Å². The first kappa shape index (κ1) is 19.5. The zero-order chi connectivity index (χ0) is 19.6. The van der Waals surface area contributed by atoms with E-state index in [0.29, 0.717) is 0 Å². The maximum atomic E-state index is 11.7. The Bertz CT molecular complexity index is 786. The standard InChI is InChI=1S/C12H12N2O11S/c15-7-1-2-8(16)13(7)24-10(18)3-4-11(19)25-14-9(17)5-6(12(14)20)26(21,22)23/h6H,1-5H2,(H,21,22,23). The van der Waals surface area contributed by atoms with E-state index in [-0.39, 0.29) is 23.0 Å². The third-order valence-corrected chi connectivity index (χ3v) is 4.43. The van der Waals surface area contributed by atoms with E-state index in [4.69, 9.17) is 4.55 Å². The highest BCUT2D eigenvalue weighted by atomic mass is 32.2. The molecule has 142 valence electrons. The normalized spacial score (nSPS) is 20.7. The van der Waals surface area contributed by atoms with Crippen LogP contribution in [0.1, 0.15) is 32.1 Å². The zero-order valence-electron chi connectivity index (χ0n) is 12.9. The molecule has 2 aliphatic rings. The molecule has 0 aromatic heterocycles. The van der Waals surface area contributed by atoms with Crippen molar-refractivity contribution in [3.05, 3.63) is 0 Å². The second-order valence-corrected chi connectivity index (χ2v) is 6.84. The summed E-state index contributed by atoms with van der Waals surface area (Å²) in [5.74, 6) is -6.39. The fourth-order valence-corrected chi connectivity index (χ4v) is 2.77. The minimum Gasteiger partial charge on any atom is -0.330 e. The van der Waals surface area contributed by atoms with E-state index in [9.17, 15) is 37.2 Å². The smallest absolute Gasteiger partial charge is 0.330 e. The lowest BCUT2D eigenvalue weighted by Gasteiger charge is -2.14. The predicted octanol–water partition coefficient (Wildman–Crippen LogP) is -2.15. The first-order valence-corrected chi connectivity index (χ1v) is 8.61. The Morgan fingerprint density at radius 1 is 0.923 bits per heavy atom. The van der Waals surface area contributed by atoms with Gasteiger partial charge >= 0.3 is 11.9 Å². The van der Waals surface area contributed by atoms with Crippen molar-refractivity contribution in [3.8, 4) is 0 Å². The quantitative estimate of drug-likeness (QED) is 0.384. The molecule has 0 bridgehead atoms. The van der Waals surface area contributed by atoms with Crippen molar-refractivity contribution in [3.63, 3.8) is 0 Å². The molecular formula is C12H12N2O11S. The SMILES string of the molecule is O=C(CCC(=O)ON1C(=O)CC(S(=O)(=O)O)C1=O)ON1C(=O)CCC1=O. The topological polar surface area (TPSA) is 182 Å². The van der Waals surface area contributed by atoms with Crippen molar-refractivity contribution in [1.82, 2.24) is 10.1 Å². The van der Waals surface area contributed by atoms with Crippen molar-refractivity contribution in [2.24, 2.45) is 0 Å². The van der Waals surface area contributed by atoms with Crippen molar-refractivity contribution < 1.29 is 51.4 Å². The highest BCUT2D eigenvalue weighted by molar-refractivity contribution is 7.87. The van der Waals surface area contributed by atoms with Crippen LogP contribution in [0.3, 0.4) is 0 Å². The Balaban J connectivity index is 1.84. The summed E-state index contributed by atoms with van der Waals surface area (Å²) in [6.45, 7) is 0. The van der Waals surface area contributed by atoms with Gasteiger partial charge in [-0.1, -0.05) is 0 Å². The van der Waals surface area contributed by atoms with Crippen LogP contribution in [0.25, 0.3) is 0 Å². The van der Waals surface area contributed by atoms with Crippen LogP contribution in [0, 0.1) is 0 Å². The third kappa shape index (κ3) is 4.20. The summed E-state index contributed by atoms with van der Waals surface area (Å²) in [6, 6.07) is 0.